The summed E-state index contributed by atoms with van der Waals surface area (Å²) < 4.78 is 21.9. The first kappa shape index (κ1) is 19.4. The fourth-order valence-electron chi connectivity index (χ4n) is 2.57. The summed E-state index contributed by atoms with van der Waals surface area (Å²) in [6, 6.07) is 16.6. The summed E-state index contributed by atoms with van der Waals surface area (Å²) in [6.07, 6.45) is 1.22. The van der Waals surface area contributed by atoms with Crippen molar-refractivity contribution < 1.29 is 18.7 Å². The van der Waals surface area contributed by atoms with E-state index in [4.69, 9.17) is 4.74 Å². The van der Waals surface area contributed by atoms with Gasteiger partial charge in [-0.3, -0.25) is 4.79 Å². The summed E-state index contributed by atoms with van der Waals surface area (Å²) in [6.45, 7) is 4.78. The smallest absolute Gasteiger partial charge is 0.376 e. The highest BCUT2D eigenvalue weighted by molar-refractivity contribution is 6.13. The van der Waals surface area contributed by atoms with Gasteiger partial charge in [0.1, 0.15) is 11.3 Å². The van der Waals surface area contributed by atoms with Crippen LogP contribution in [-0.2, 0) is 15.3 Å². The third kappa shape index (κ3) is 3.83. The molecule has 0 N–H and O–H groups in total. The van der Waals surface area contributed by atoms with Crippen LogP contribution in [0, 0.1) is 0 Å². The molecule has 0 radical (unpaired) electrons. The molecule has 3 aromatic rings. The van der Waals surface area contributed by atoms with Crippen LogP contribution in [0.25, 0.3) is 11.3 Å². The number of esters is 1. The molecule has 0 amide bonds. The predicted molar refractivity (Wildman–Crippen MR) is 101 cm³/mol. The number of Topliss-reactive ketones (excluding diaryl/α,β-unsaturated/α-hetero) is 1. The first-order chi connectivity index (χ1) is 13.2. The van der Waals surface area contributed by atoms with E-state index in [9.17, 15) is 9.59 Å². The van der Waals surface area contributed by atoms with E-state index < -0.39 is 23.1 Å². The number of benzene rings is 2. The van der Waals surface area contributed by atoms with Crippen molar-refractivity contribution in [1.82, 2.24) is 15.0 Å². The van der Waals surface area contributed by atoms with Crippen molar-refractivity contribution in [2.45, 2.75) is 32.2 Å². The van der Waals surface area contributed by atoms with E-state index >= 15 is 4.39 Å². The Bertz CT molecular complexity index is 981. The normalized spacial score (nSPS) is 13.6. The van der Waals surface area contributed by atoms with Gasteiger partial charge in [0.15, 0.2) is 0 Å². The van der Waals surface area contributed by atoms with Gasteiger partial charge < -0.3 is 4.74 Å². The molecule has 0 spiro atoms. The van der Waals surface area contributed by atoms with Crippen LogP contribution >= 0.6 is 0 Å². The Labute approximate surface area is 161 Å². The third-order valence-electron chi connectivity index (χ3n) is 3.88. The molecule has 1 aromatic heterocycles. The van der Waals surface area contributed by atoms with Crippen molar-refractivity contribution in [2.75, 3.05) is 0 Å². The average molecular weight is 381 g/mol. The molecule has 0 unspecified atom stereocenters. The van der Waals surface area contributed by atoms with Crippen molar-refractivity contribution in [2.24, 2.45) is 0 Å². The number of ketones is 1. The second kappa shape index (κ2) is 7.34. The lowest BCUT2D eigenvalue weighted by atomic mass is 10.0. The highest BCUT2D eigenvalue weighted by Crippen LogP contribution is 2.29. The van der Waals surface area contributed by atoms with Crippen LogP contribution in [0.1, 0.15) is 31.1 Å². The van der Waals surface area contributed by atoms with Gasteiger partial charge in [-0.05, 0) is 20.8 Å². The lowest BCUT2D eigenvalue weighted by Gasteiger charge is -2.27. The Morgan fingerprint density at radius 2 is 1.54 bits per heavy atom. The molecule has 7 heteroatoms. The largest absolute Gasteiger partial charge is 0.456 e. The van der Waals surface area contributed by atoms with Crippen LogP contribution in [0.5, 0.6) is 0 Å². The molecule has 144 valence electrons. The van der Waals surface area contributed by atoms with Gasteiger partial charge in [0.25, 0.3) is 0 Å². The summed E-state index contributed by atoms with van der Waals surface area (Å²) in [7, 11) is 0. The van der Waals surface area contributed by atoms with Crippen LogP contribution in [-0.4, -0.2) is 32.3 Å². The molecule has 0 saturated heterocycles. The monoisotopic (exact) mass is 381 g/mol. The molecule has 2 aromatic carbocycles. The molecule has 0 aliphatic rings. The minimum Gasteiger partial charge on any atom is -0.456 e. The van der Waals surface area contributed by atoms with Gasteiger partial charge in [-0.15, -0.1) is 5.10 Å². The van der Waals surface area contributed by atoms with Crippen LogP contribution in [0.2, 0.25) is 0 Å². The van der Waals surface area contributed by atoms with Crippen LogP contribution in [0.4, 0.5) is 4.39 Å². The minimum atomic E-state index is -3.19. The van der Waals surface area contributed by atoms with Gasteiger partial charge in [0.05, 0.1) is 6.20 Å². The number of carbonyl (C=O) groups excluding carboxylic acids is 2. The number of carbonyl (C=O) groups is 2. The number of alkyl halides is 1. The van der Waals surface area contributed by atoms with Crippen molar-refractivity contribution in [1.29, 1.82) is 0 Å². The van der Waals surface area contributed by atoms with Crippen LogP contribution < -0.4 is 0 Å². The number of aromatic nitrogens is 3. The molecule has 1 atom stereocenters. The summed E-state index contributed by atoms with van der Waals surface area (Å²) in [5, 5.41) is 7.65. The maximum atomic E-state index is 16.1. The summed E-state index contributed by atoms with van der Waals surface area (Å²) in [5.41, 5.74) is 0.0286. The van der Waals surface area contributed by atoms with Crippen LogP contribution in [0.15, 0.2) is 66.9 Å². The summed E-state index contributed by atoms with van der Waals surface area (Å²) >= 11 is 0. The van der Waals surface area contributed by atoms with Gasteiger partial charge in [0.2, 0.25) is 5.78 Å². The van der Waals surface area contributed by atoms with E-state index in [1.165, 1.54) is 18.3 Å². The van der Waals surface area contributed by atoms with E-state index in [0.717, 1.165) is 0 Å². The molecule has 0 aliphatic carbocycles. The Morgan fingerprint density at radius 1 is 0.964 bits per heavy atom. The zero-order chi connectivity index (χ0) is 20.4. The number of rotatable bonds is 5. The van der Waals surface area contributed by atoms with E-state index in [1.54, 1.807) is 63.2 Å². The SMILES string of the molecule is CC(C)(C)OC(=O)[C@](F)(C(=O)c1ccccc1)n1cc(-c2ccccc2)nn1. The molecule has 1 heterocycles. The van der Waals surface area contributed by atoms with Gasteiger partial charge in [0, 0.05) is 11.1 Å². The molecule has 3 rings (SSSR count). The zero-order valence-corrected chi connectivity index (χ0v) is 15.8. The third-order valence-corrected chi connectivity index (χ3v) is 3.88. The Balaban J connectivity index is 2.08. The predicted octanol–water partition coefficient (Wildman–Crippen LogP) is 3.79. The molecule has 6 nitrogen and oxygen atoms in total. The maximum absolute atomic E-state index is 16.1. The Hall–Kier alpha value is -3.35. The highest BCUT2D eigenvalue weighted by Gasteiger charge is 2.53. The molecule has 28 heavy (non-hydrogen) atoms. The van der Waals surface area contributed by atoms with E-state index in [-0.39, 0.29) is 5.56 Å². The molecule has 0 aliphatic heterocycles. The fourth-order valence-corrected chi connectivity index (χ4v) is 2.57. The molecule has 0 saturated carbocycles. The summed E-state index contributed by atoms with van der Waals surface area (Å²) in [4.78, 5) is 25.7. The Morgan fingerprint density at radius 3 is 2.11 bits per heavy atom. The standard InChI is InChI=1S/C21H20FN3O3/c1-20(2,3)28-19(27)21(22,18(26)16-12-8-5-9-13-16)25-14-17(23-24-25)15-10-6-4-7-11-15/h4-14H,1-3H3/t21-/m0/s1. The van der Waals surface area contributed by atoms with Crippen molar-refractivity contribution >= 4 is 11.8 Å². The lowest BCUT2D eigenvalue weighted by Crippen LogP contribution is -2.49. The van der Waals surface area contributed by atoms with Crippen molar-refractivity contribution in [3.63, 3.8) is 0 Å². The maximum Gasteiger partial charge on any atom is 0.376 e. The van der Waals surface area contributed by atoms with E-state index in [2.05, 4.69) is 10.3 Å². The van der Waals surface area contributed by atoms with Gasteiger partial charge >= 0.3 is 11.8 Å². The highest BCUT2D eigenvalue weighted by atomic mass is 19.1. The quantitative estimate of drug-likeness (QED) is 0.382. The molecular formula is C21H20FN3O3. The van der Waals surface area contributed by atoms with E-state index in [0.29, 0.717) is 15.9 Å². The molecule has 0 fully saturated rings. The van der Waals surface area contributed by atoms with E-state index in [1.807, 2.05) is 6.07 Å². The van der Waals surface area contributed by atoms with Crippen molar-refractivity contribution in [3.05, 3.63) is 72.4 Å². The Kier molecular flexibility index (Phi) is 5.09. The number of hydrogen-bond donors (Lipinski definition) is 0. The van der Waals surface area contributed by atoms with Gasteiger partial charge in [-0.1, -0.05) is 65.9 Å². The number of hydrogen-bond acceptors (Lipinski definition) is 5. The van der Waals surface area contributed by atoms with Gasteiger partial charge in [-0.25, -0.2) is 4.79 Å². The second-order valence-electron chi connectivity index (χ2n) is 7.23. The number of ether oxygens (including phenoxy) is 1. The van der Waals surface area contributed by atoms with Gasteiger partial charge in [-0.2, -0.15) is 9.07 Å². The minimum absolute atomic E-state index is 0.0209. The first-order valence-electron chi connectivity index (χ1n) is 8.72. The topological polar surface area (TPSA) is 74.1 Å². The summed E-state index contributed by atoms with van der Waals surface area (Å²) in [5.74, 6) is -5.61. The zero-order valence-electron chi connectivity index (χ0n) is 15.8. The number of halogens is 1. The molecular weight excluding hydrogens is 361 g/mol. The number of nitrogens with zero attached hydrogens (tertiary/aromatic N) is 3. The molecule has 0 bridgehead atoms. The van der Waals surface area contributed by atoms with Crippen LogP contribution in [0.3, 0.4) is 0 Å². The fraction of sp³-hybridized carbons (Fsp3) is 0.238. The van der Waals surface area contributed by atoms with Crippen molar-refractivity contribution in [3.8, 4) is 11.3 Å². The second-order valence-corrected chi connectivity index (χ2v) is 7.23. The lowest BCUT2D eigenvalue weighted by molar-refractivity contribution is -0.173. The first-order valence-corrected chi connectivity index (χ1v) is 8.72. The average Bonchev–Trinajstić information content (AvgIpc) is 3.17.